The van der Waals surface area contributed by atoms with Gasteiger partial charge in [0.25, 0.3) is 0 Å². The Balaban J connectivity index is 1.70. The molecule has 28 heavy (non-hydrogen) atoms. The minimum atomic E-state index is -0.392. The number of carbonyl (C=O) groups excluding carboxylic acids is 2. The molecule has 2 aliphatic heterocycles. The van der Waals surface area contributed by atoms with Crippen molar-refractivity contribution in [2.75, 3.05) is 13.2 Å². The molecule has 6 nitrogen and oxygen atoms in total. The van der Waals surface area contributed by atoms with Gasteiger partial charge in [0.15, 0.2) is 5.11 Å². The lowest BCUT2D eigenvalue weighted by molar-refractivity contribution is -0.146. The highest BCUT2D eigenvalue weighted by molar-refractivity contribution is 8.01. The SMILES string of the molecule is CCOC(=O)CCCC[C@@H]1SC2(CCCCC2)N2C(=S)[15NH][C@@H](C(=O)OCC)[C@@H]12. The minimum Gasteiger partial charge on any atom is -0.466 e. The van der Waals surface area contributed by atoms with Crippen LogP contribution < -0.4 is 5.32 Å². The molecule has 3 rings (SSSR count). The second kappa shape index (κ2) is 9.65. The number of rotatable bonds is 8. The molecule has 1 N–H and O–H groups in total. The predicted octanol–water partition coefficient (Wildman–Crippen LogP) is 3.38. The first kappa shape index (κ1) is 21.7. The van der Waals surface area contributed by atoms with E-state index < -0.39 is 6.04 Å². The van der Waals surface area contributed by atoms with Crippen LogP contribution in [-0.2, 0) is 19.1 Å². The maximum Gasteiger partial charge on any atom is 0.330 e. The van der Waals surface area contributed by atoms with E-state index in [2.05, 4.69) is 10.2 Å². The van der Waals surface area contributed by atoms with Crippen LogP contribution in [0.25, 0.3) is 0 Å². The molecule has 3 aliphatic rings. The average molecular weight is 430 g/mol. The van der Waals surface area contributed by atoms with Gasteiger partial charge in [-0.05, 0) is 51.7 Å². The molecule has 2 heterocycles. The van der Waals surface area contributed by atoms with Crippen molar-refractivity contribution in [2.45, 2.75) is 93.8 Å². The standard InChI is InChI=1S/C20H32N2O4S2/c1-3-25-15(23)11-7-6-10-14-17-16(18(24)26-4-2)21-19(27)22(17)20(28-14)12-8-5-9-13-20/h14,16-17H,3-13H2,1-2H3,(H,21,27)/t14-,16+,17+/m0/s1/i21+1. The summed E-state index contributed by atoms with van der Waals surface area (Å²) in [5, 5.41) is 4.27. The molecule has 158 valence electrons. The number of unbranched alkanes of at least 4 members (excludes halogenated alkanes) is 1. The number of nitrogens with zero attached hydrogens (tertiary/aromatic N) is 1. The summed E-state index contributed by atoms with van der Waals surface area (Å²) in [4.78, 5) is 26.5. The molecule has 1 aliphatic carbocycles. The van der Waals surface area contributed by atoms with Crippen LogP contribution in [0.4, 0.5) is 0 Å². The van der Waals surface area contributed by atoms with E-state index in [0.29, 0.717) is 30.0 Å². The molecule has 3 atom stereocenters. The molecule has 0 aromatic carbocycles. The molecule has 0 amide bonds. The maximum atomic E-state index is 12.6. The second-order valence-corrected chi connectivity index (χ2v) is 9.74. The molecule has 8 heteroatoms. The van der Waals surface area contributed by atoms with Gasteiger partial charge in [-0.2, -0.15) is 0 Å². The molecule has 0 aromatic rings. The van der Waals surface area contributed by atoms with Crippen molar-refractivity contribution < 1.29 is 19.1 Å². The normalized spacial score (nSPS) is 28.1. The lowest BCUT2D eigenvalue weighted by Crippen LogP contribution is -2.49. The van der Waals surface area contributed by atoms with Crippen molar-refractivity contribution in [1.82, 2.24) is 10.2 Å². The summed E-state index contributed by atoms with van der Waals surface area (Å²) in [7, 11) is 0. The van der Waals surface area contributed by atoms with Crippen molar-refractivity contribution in [3.63, 3.8) is 0 Å². The van der Waals surface area contributed by atoms with Crippen molar-refractivity contribution in [2.24, 2.45) is 0 Å². The van der Waals surface area contributed by atoms with Gasteiger partial charge >= 0.3 is 11.9 Å². The third kappa shape index (κ3) is 4.42. The zero-order chi connectivity index (χ0) is 20.1. The Labute approximate surface area is 177 Å². The molecular weight excluding hydrogens is 397 g/mol. The van der Waals surface area contributed by atoms with Crippen LogP contribution >= 0.6 is 24.0 Å². The smallest absolute Gasteiger partial charge is 0.330 e. The molecular formula is C20H32N2O4S2. The maximum absolute atomic E-state index is 12.6. The highest BCUT2D eigenvalue weighted by atomic mass is 32.2. The van der Waals surface area contributed by atoms with Crippen molar-refractivity contribution >= 4 is 41.0 Å². The van der Waals surface area contributed by atoms with Crippen LogP contribution in [0.1, 0.15) is 71.6 Å². The first-order valence-corrected chi connectivity index (χ1v) is 11.9. The fourth-order valence-corrected chi connectivity index (χ4v) is 7.39. The van der Waals surface area contributed by atoms with E-state index in [1.807, 2.05) is 25.6 Å². The number of carbonyl (C=O) groups is 2. The topological polar surface area (TPSA) is 67.9 Å². The Bertz CT molecular complexity index is 595. The van der Waals surface area contributed by atoms with Crippen LogP contribution in [0.15, 0.2) is 0 Å². The lowest BCUT2D eigenvalue weighted by Gasteiger charge is -2.40. The monoisotopic (exact) mass is 429 g/mol. The average Bonchev–Trinajstić information content (AvgIpc) is 3.17. The van der Waals surface area contributed by atoms with Crippen LogP contribution in [0, 0.1) is 0 Å². The molecule has 0 bridgehead atoms. The number of esters is 2. The first-order valence-electron chi connectivity index (χ1n) is 10.6. The Morgan fingerprint density at radius 1 is 1.18 bits per heavy atom. The fraction of sp³-hybridized carbons (Fsp3) is 0.850. The quantitative estimate of drug-likeness (QED) is 0.273. The third-order valence-corrected chi connectivity index (χ3v) is 8.10. The molecule has 3 fully saturated rings. The largest absolute Gasteiger partial charge is 0.466 e. The van der Waals surface area contributed by atoms with E-state index in [4.69, 9.17) is 21.7 Å². The number of hydrogen-bond donors (Lipinski definition) is 1. The van der Waals surface area contributed by atoms with Crippen molar-refractivity contribution in [3.05, 3.63) is 0 Å². The fourth-order valence-electron chi connectivity index (χ4n) is 4.79. The Hall–Kier alpha value is -1.02. The molecule has 0 unspecified atom stereocenters. The summed E-state index contributed by atoms with van der Waals surface area (Å²) in [6.07, 6.45) is 9.10. The van der Waals surface area contributed by atoms with Crippen molar-refractivity contribution in [3.8, 4) is 0 Å². The highest BCUT2D eigenvalue weighted by Gasteiger charge is 2.60. The molecule has 0 aromatic heterocycles. The van der Waals surface area contributed by atoms with Gasteiger partial charge in [0.1, 0.15) is 6.04 Å². The van der Waals surface area contributed by atoms with Gasteiger partial charge in [0, 0.05) is 11.7 Å². The number of fused-ring (bicyclic) bond motifs is 2. The summed E-state index contributed by atoms with van der Waals surface area (Å²) >= 11 is 7.69. The van der Waals surface area contributed by atoms with Gasteiger partial charge in [-0.15, -0.1) is 11.8 Å². The highest BCUT2D eigenvalue weighted by Crippen LogP contribution is 2.55. The van der Waals surface area contributed by atoms with Gasteiger partial charge in [-0.1, -0.05) is 25.7 Å². The van der Waals surface area contributed by atoms with Gasteiger partial charge in [-0.3, -0.25) is 4.79 Å². The van der Waals surface area contributed by atoms with Crippen molar-refractivity contribution in [1.29, 1.82) is 0 Å². The summed E-state index contributed by atoms with van der Waals surface area (Å²) in [5.74, 6) is -0.331. The lowest BCUT2D eigenvalue weighted by atomic mass is 9.91. The van der Waals surface area contributed by atoms with Gasteiger partial charge in [0.2, 0.25) is 0 Å². The molecule has 1 saturated carbocycles. The first-order chi connectivity index (χ1) is 13.5. The number of hydrogen-bond acceptors (Lipinski definition) is 6. The van der Waals surface area contributed by atoms with Gasteiger partial charge in [0.05, 0.1) is 24.1 Å². The number of thiocarbonyl (C=S) groups is 1. The Kier molecular flexibility index (Phi) is 7.48. The van der Waals surface area contributed by atoms with Gasteiger partial charge < -0.3 is 19.7 Å². The predicted molar refractivity (Wildman–Crippen MR) is 114 cm³/mol. The summed E-state index contributed by atoms with van der Waals surface area (Å²) < 4.78 is 10.4. The van der Waals surface area contributed by atoms with E-state index in [0.717, 1.165) is 32.1 Å². The summed E-state index contributed by atoms with van der Waals surface area (Å²) in [5.41, 5.74) is 0. The number of nitrogens with one attached hydrogen (secondary N) is 1. The van der Waals surface area contributed by atoms with Crippen LogP contribution in [0.3, 0.4) is 0 Å². The molecule has 2 saturated heterocycles. The van der Waals surface area contributed by atoms with Gasteiger partial charge in [-0.25, -0.2) is 4.79 Å². The third-order valence-electron chi connectivity index (χ3n) is 5.93. The van der Waals surface area contributed by atoms with E-state index in [1.165, 1.54) is 19.3 Å². The second-order valence-electron chi connectivity index (χ2n) is 7.75. The number of ether oxygens (including phenoxy) is 2. The zero-order valence-electron chi connectivity index (χ0n) is 16.9. The molecule has 1 spiro atoms. The minimum absolute atomic E-state index is 0.0139. The Morgan fingerprint density at radius 3 is 2.57 bits per heavy atom. The van der Waals surface area contributed by atoms with Crippen LogP contribution in [0.5, 0.6) is 0 Å². The van der Waals surface area contributed by atoms with E-state index in [9.17, 15) is 9.59 Å². The van der Waals surface area contributed by atoms with Crippen LogP contribution in [-0.4, -0.2) is 57.4 Å². The zero-order valence-corrected chi connectivity index (χ0v) is 18.5. The van der Waals surface area contributed by atoms with Crippen LogP contribution in [0.2, 0.25) is 0 Å². The van der Waals surface area contributed by atoms with E-state index in [-0.39, 0.29) is 22.9 Å². The Morgan fingerprint density at radius 2 is 1.89 bits per heavy atom. The summed E-state index contributed by atoms with van der Waals surface area (Å²) in [6, 6.07) is -0.353. The van der Waals surface area contributed by atoms with E-state index in [1.54, 1.807) is 0 Å². The number of thioether (sulfide) groups is 1. The molecule has 0 radical (unpaired) electrons. The van der Waals surface area contributed by atoms with E-state index >= 15 is 0 Å². The summed E-state index contributed by atoms with van der Waals surface area (Å²) in [6.45, 7) is 4.47.